The SMILES string of the molecule is CC.CC.CC#Cc1ccc(N2CCC(CN3CCC(N(C)C)CC3)CC2)cc1. The first-order valence-corrected chi connectivity index (χ1v) is 11.8. The van der Waals surface area contributed by atoms with Crippen LogP contribution < -0.4 is 4.90 Å². The van der Waals surface area contributed by atoms with E-state index < -0.39 is 0 Å². The van der Waals surface area contributed by atoms with Gasteiger partial charge in [-0.05, 0) is 90.0 Å². The first kappa shape index (κ1) is 25.5. The lowest BCUT2D eigenvalue weighted by Gasteiger charge is -2.39. The fourth-order valence-electron chi connectivity index (χ4n) is 4.26. The summed E-state index contributed by atoms with van der Waals surface area (Å²) in [6, 6.07) is 9.54. The molecule has 0 unspecified atom stereocenters. The predicted molar refractivity (Wildman–Crippen MR) is 130 cm³/mol. The van der Waals surface area contributed by atoms with E-state index in [-0.39, 0.29) is 0 Å². The lowest BCUT2D eigenvalue weighted by Crippen LogP contribution is -2.45. The Morgan fingerprint density at radius 3 is 1.90 bits per heavy atom. The second-order valence-corrected chi connectivity index (χ2v) is 7.85. The molecule has 1 aromatic carbocycles. The molecule has 29 heavy (non-hydrogen) atoms. The number of likely N-dealkylation sites (tertiary alicyclic amines) is 1. The zero-order valence-electron chi connectivity index (χ0n) is 20.2. The molecule has 0 atom stereocenters. The summed E-state index contributed by atoms with van der Waals surface area (Å²) in [6.07, 6.45) is 5.31. The third kappa shape index (κ3) is 8.41. The molecule has 0 bridgehead atoms. The predicted octanol–water partition coefficient (Wildman–Crippen LogP) is 5.35. The number of hydrogen-bond donors (Lipinski definition) is 0. The normalized spacial score (nSPS) is 18.1. The van der Waals surface area contributed by atoms with Gasteiger partial charge < -0.3 is 14.7 Å². The number of anilines is 1. The Bertz CT molecular complexity index is 581. The highest BCUT2D eigenvalue weighted by molar-refractivity contribution is 5.50. The first-order valence-electron chi connectivity index (χ1n) is 11.8. The maximum atomic E-state index is 3.12. The second kappa shape index (κ2) is 14.5. The van der Waals surface area contributed by atoms with E-state index in [9.17, 15) is 0 Å². The van der Waals surface area contributed by atoms with Crippen molar-refractivity contribution in [3.63, 3.8) is 0 Å². The third-order valence-electron chi connectivity index (χ3n) is 5.92. The van der Waals surface area contributed by atoms with E-state index >= 15 is 0 Å². The van der Waals surface area contributed by atoms with Gasteiger partial charge in [-0.1, -0.05) is 33.6 Å². The van der Waals surface area contributed by atoms with Gasteiger partial charge in [0, 0.05) is 36.9 Å². The van der Waals surface area contributed by atoms with Crippen LogP contribution in [0, 0.1) is 17.8 Å². The molecule has 2 aliphatic rings. The van der Waals surface area contributed by atoms with Gasteiger partial charge in [-0.15, -0.1) is 5.92 Å². The summed E-state index contributed by atoms with van der Waals surface area (Å²) in [4.78, 5) is 7.64. The average molecular weight is 400 g/mol. The summed E-state index contributed by atoms with van der Waals surface area (Å²) >= 11 is 0. The van der Waals surface area contributed by atoms with E-state index in [1.165, 1.54) is 64.1 Å². The fraction of sp³-hybridized carbons (Fsp3) is 0.692. The van der Waals surface area contributed by atoms with Crippen LogP contribution in [0.15, 0.2) is 24.3 Å². The van der Waals surface area contributed by atoms with Crippen LogP contribution in [-0.4, -0.2) is 62.7 Å². The highest BCUT2D eigenvalue weighted by atomic mass is 15.2. The van der Waals surface area contributed by atoms with Crippen LogP contribution in [0.5, 0.6) is 0 Å². The smallest absolute Gasteiger partial charge is 0.0367 e. The summed E-state index contributed by atoms with van der Waals surface area (Å²) in [6.45, 7) is 16.1. The zero-order valence-corrected chi connectivity index (χ0v) is 20.2. The highest BCUT2D eigenvalue weighted by Gasteiger charge is 2.25. The zero-order chi connectivity index (χ0) is 21.6. The molecule has 0 amide bonds. The Kier molecular flexibility index (Phi) is 12.7. The van der Waals surface area contributed by atoms with Crippen molar-refractivity contribution in [2.24, 2.45) is 5.92 Å². The van der Waals surface area contributed by atoms with Crippen molar-refractivity contribution in [1.82, 2.24) is 9.80 Å². The Hall–Kier alpha value is -1.50. The Balaban J connectivity index is 0.000000989. The standard InChI is InChI=1S/C22H33N3.2C2H6/c1-4-5-19-6-8-22(9-7-19)25-16-10-20(11-17-25)18-24-14-12-21(13-15-24)23(2)3;2*1-2/h6-9,20-21H,10-18H2,1-3H3;2*1-2H3. The van der Waals surface area contributed by atoms with Crippen molar-refractivity contribution >= 4 is 5.69 Å². The summed E-state index contributed by atoms with van der Waals surface area (Å²) < 4.78 is 0. The molecular formula is C26H45N3. The quantitative estimate of drug-likeness (QED) is 0.632. The van der Waals surface area contributed by atoms with Crippen LogP contribution in [0.2, 0.25) is 0 Å². The fourth-order valence-corrected chi connectivity index (χ4v) is 4.26. The molecule has 0 radical (unpaired) electrons. The van der Waals surface area contributed by atoms with Gasteiger partial charge in [-0.3, -0.25) is 0 Å². The second-order valence-electron chi connectivity index (χ2n) is 7.85. The minimum absolute atomic E-state index is 0.790. The lowest BCUT2D eigenvalue weighted by molar-refractivity contribution is 0.124. The van der Waals surface area contributed by atoms with Gasteiger partial charge in [0.25, 0.3) is 0 Å². The number of rotatable bonds is 4. The first-order chi connectivity index (χ1) is 14.2. The molecule has 3 nitrogen and oxygen atoms in total. The highest BCUT2D eigenvalue weighted by Crippen LogP contribution is 2.25. The van der Waals surface area contributed by atoms with E-state index in [2.05, 4.69) is 64.9 Å². The van der Waals surface area contributed by atoms with E-state index in [4.69, 9.17) is 0 Å². The van der Waals surface area contributed by atoms with E-state index in [1.807, 2.05) is 34.6 Å². The van der Waals surface area contributed by atoms with Crippen LogP contribution >= 0.6 is 0 Å². The van der Waals surface area contributed by atoms with Crippen molar-refractivity contribution in [2.45, 2.75) is 66.3 Å². The van der Waals surface area contributed by atoms with Crippen molar-refractivity contribution < 1.29 is 0 Å². The van der Waals surface area contributed by atoms with Crippen LogP contribution in [0.1, 0.15) is 65.9 Å². The number of piperidine rings is 2. The van der Waals surface area contributed by atoms with Crippen molar-refractivity contribution in [3.05, 3.63) is 29.8 Å². The monoisotopic (exact) mass is 399 g/mol. The molecule has 3 rings (SSSR count). The molecule has 1 aromatic rings. The molecule has 0 N–H and O–H groups in total. The minimum atomic E-state index is 0.790. The summed E-state index contributed by atoms with van der Waals surface area (Å²) in [5.41, 5.74) is 2.47. The summed E-state index contributed by atoms with van der Waals surface area (Å²) in [5.74, 6) is 6.96. The van der Waals surface area contributed by atoms with Gasteiger partial charge in [0.1, 0.15) is 0 Å². The van der Waals surface area contributed by atoms with E-state index in [1.54, 1.807) is 0 Å². The maximum absolute atomic E-state index is 3.12. The van der Waals surface area contributed by atoms with Gasteiger partial charge in [-0.25, -0.2) is 0 Å². The Labute approximate surface area is 181 Å². The molecule has 0 aliphatic carbocycles. The van der Waals surface area contributed by atoms with Crippen molar-refractivity contribution in [2.75, 3.05) is 51.7 Å². The number of hydrogen-bond acceptors (Lipinski definition) is 3. The topological polar surface area (TPSA) is 9.72 Å². The van der Waals surface area contributed by atoms with Crippen molar-refractivity contribution in [1.29, 1.82) is 0 Å². The van der Waals surface area contributed by atoms with Gasteiger partial charge in [0.05, 0.1) is 0 Å². The Morgan fingerprint density at radius 1 is 0.862 bits per heavy atom. The van der Waals surface area contributed by atoms with Crippen molar-refractivity contribution in [3.8, 4) is 11.8 Å². The minimum Gasteiger partial charge on any atom is -0.372 e. The molecule has 2 fully saturated rings. The third-order valence-corrected chi connectivity index (χ3v) is 5.92. The Morgan fingerprint density at radius 2 is 1.41 bits per heavy atom. The van der Waals surface area contributed by atoms with Crippen LogP contribution in [-0.2, 0) is 0 Å². The van der Waals surface area contributed by atoms with Gasteiger partial charge in [0.15, 0.2) is 0 Å². The molecule has 0 spiro atoms. The number of benzene rings is 1. The van der Waals surface area contributed by atoms with Gasteiger partial charge >= 0.3 is 0 Å². The van der Waals surface area contributed by atoms with E-state index in [0.717, 1.165) is 17.5 Å². The van der Waals surface area contributed by atoms with Gasteiger partial charge in [-0.2, -0.15) is 0 Å². The molecule has 0 aromatic heterocycles. The molecular weight excluding hydrogens is 354 g/mol. The molecule has 3 heteroatoms. The van der Waals surface area contributed by atoms with Crippen LogP contribution in [0.4, 0.5) is 5.69 Å². The van der Waals surface area contributed by atoms with E-state index in [0.29, 0.717) is 0 Å². The van der Waals surface area contributed by atoms with Crippen LogP contribution in [0.3, 0.4) is 0 Å². The number of nitrogens with zero attached hydrogens (tertiary/aromatic N) is 3. The molecule has 0 saturated carbocycles. The molecule has 2 aliphatic heterocycles. The molecule has 2 saturated heterocycles. The summed E-state index contributed by atoms with van der Waals surface area (Å²) in [7, 11) is 4.44. The lowest BCUT2D eigenvalue weighted by atomic mass is 9.94. The van der Waals surface area contributed by atoms with Crippen LogP contribution in [0.25, 0.3) is 0 Å². The largest absolute Gasteiger partial charge is 0.372 e. The molecule has 2 heterocycles. The molecule has 164 valence electrons. The maximum Gasteiger partial charge on any atom is 0.0367 e. The van der Waals surface area contributed by atoms with Gasteiger partial charge in [0.2, 0.25) is 0 Å². The summed E-state index contributed by atoms with van der Waals surface area (Å²) in [5, 5.41) is 0. The average Bonchev–Trinajstić information content (AvgIpc) is 2.78.